The van der Waals surface area contributed by atoms with Crippen molar-refractivity contribution in [3.05, 3.63) is 70.3 Å². The molecule has 0 bridgehead atoms. The summed E-state index contributed by atoms with van der Waals surface area (Å²) < 4.78 is 1.37. The Balaban J connectivity index is 1.58. The highest BCUT2D eigenvalue weighted by Crippen LogP contribution is 2.19. The van der Waals surface area contributed by atoms with E-state index in [0.29, 0.717) is 16.7 Å². The lowest BCUT2D eigenvalue weighted by molar-refractivity contribution is 0.726. The largest absolute Gasteiger partial charge is 0.372 e. The van der Waals surface area contributed by atoms with Crippen molar-refractivity contribution >= 4 is 22.8 Å². The normalized spacial score (nSPS) is 15.4. The molecule has 1 saturated heterocycles. The van der Waals surface area contributed by atoms with Crippen molar-refractivity contribution < 1.29 is 0 Å². The second-order valence-electron chi connectivity index (χ2n) is 7.03. The first-order chi connectivity index (χ1) is 13.2. The number of nitrogens with zero attached hydrogens (tertiary/aromatic N) is 4. The van der Waals surface area contributed by atoms with E-state index in [2.05, 4.69) is 39.3 Å². The van der Waals surface area contributed by atoms with Gasteiger partial charge in [-0.1, -0.05) is 37.1 Å². The molecule has 2 aromatic carbocycles. The molecule has 0 amide bonds. The first kappa shape index (κ1) is 17.5. The summed E-state index contributed by atoms with van der Waals surface area (Å²) in [5.74, 6) is 0.580. The fourth-order valence-electron chi connectivity index (χ4n) is 3.60. The van der Waals surface area contributed by atoms with E-state index in [0.717, 1.165) is 18.7 Å². The molecule has 0 atom stereocenters. The molecule has 138 valence electrons. The smallest absolute Gasteiger partial charge is 0.282 e. The molecular formula is C22H24N4O. The Morgan fingerprint density at radius 1 is 0.963 bits per heavy atom. The van der Waals surface area contributed by atoms with Crippen molar-refractivity contribution in [1.82, 2.24) is 9.66 Å². The molecule has 3 aromatic rings. The first-order valence-electron chi connectivity index (χ1n) is 9.60. The molecule has 1 fully saturated rings. The summed E-state index contributed by atoms with van der Waals surface area (Å²) in [6.07, 6.45) is 6.90. The van der Waals surface area contributed by atoms with Crippen molar-refractivity contribution in [3.63, 3.8) is 0 Å². The average Bonchev–Trinajstić information content (AvgIpc) is 2.98. The summed E-state index contributed by atoms with van der Waals surface area (Å²) in [5, 5.41) is 4.97. The molecule has 1 aliphatic rings. The van der Waals surface area contributed by atoms with Crippen LogP contribution in [0.3, 0.4) is 0 Å². The minimum absolute atomic E-state index is 0.143. The fourth-order valence-corrected chi connectivity index (χ4v) is 3.60. The zero-order valence-electron chi connectivity index (χ0n) is 15.6. The summed E-state index contributed by atoms with van der Waals surface area (Å²) in [6, 6.07) is 15.7. The van der Waals surface area contributed by atoms with E-state index >= 15 is 0 Å². The van der Waals surface area contributed by atoms with Gasteiger partial charge in [0.15, 0.2) is 0 Å². The first-order valence-corrected chi connectivity index (χ1v) is 9.60. The van der Waals surface area contributed by atoms with Crippen LogP contribution >= 0.6 is 0 Å². The summed E-state index contributed by atoms with van der Waals surface area (Å²) in [4.78, 5) is 19.6. The topological polar surface area (TPSA) is 50.5 Å². The van der Waals surface area contributed by atoms with E-state index in [9.17, 15) is 4.79 Å². The van der Waals surface area contributed by atoms with Crippen LogP contribution in [0.2, 0.25) is 0 Å². The van der Waals surface area contributed by atoms with Gasteiger partial charge in [0, 0.05) is 18.8 Å². The van der Waals surface area contributed by atoms with E-state index in [1.807, 2.05) is 18.2 Å². The number of rotatable bonds is 3. The maximum Gasteiger partial charge on any atom is 0.282 e. The number of anilines is 1. The zero-order valence-corrected chi connectivity index (χ0v) is 15.6. The highest BCUT2D eigenvalue weighted by atomic mass is 16.1. The lowest BCUT2D eigenvalue weighted by atomic mass is 10.2. The second-order valence-corrected chi connectivity index (χ2v) is 7.03. The maximum atomic E-state index is 12.7. The molecule has 0 radical (unpaired) electrons. The van der Waals surface area contributed by atoms with E-state index < -0.39 is 0 Å². The molecule has 0 aliphatic carbocycles. The molecule has 0 N–H and O–H groups in total. The summed E-state index contributed by atoms with van der Waals surface area (Å²) >= 11 is 0. The predicted molar refractivity (Wildman–Crippen MR) is 111 cm³/mol. The Morgan fingerprint density at radius 2 is 1.67 bits per heavy atom. The Kier molecular flexibility index (Phi) is 5.01. The van der Waals surface area contributed by atoms with Crippen molar-refractivity contribution in [2.24, 2.45) is 5.10 Å². The summed E-state index contributed by atoms with van der Waals surface area (Å²) in [7, 11) is 0. The van der Waals surface area contributed by atoms with Gasteiger partial charge in [0.1, 0.15) is 5.82 Å². The quantitative estimate of drug-likeness (QED) is 0.664. The minimum Gasteiger partial charge on any atom is -0.372 e. The number of hydrogen-bond acceptors (Lipinski definition) is 4. The molecule has 2 heterocycles. The number of para-hydroxylation sites is 1. The van der Waals surface area contributed by atoms with Crippen LogP contribution in [-0.2, 0) is 0 Å². The van der Waals surface area contributed by atoms with Gasteiger partial charge in [-0.05, 0) is 49.6 Å². The van der Waals surface area contributed by atoms with Crippen LogP contribution < -0.4 is 10.5 Å². The van der Waals surface area contributed by atoms with Crippen LogP contribution in [0.4, 0.5) is 5.69 Å². The number of hydrogen-bond donors (Lipinski definition) is 0. The van der Waals surface area contributed by atoms with E-state index in [-0.39, 0.29) is 5.56 Å². The van der Waals surface area contributed by atoms with Gasteiger partial charge in [0.25, 0.3) is 5.56 Å². The Morgan fingerprint density at radius 3 is 2.41 bits per heavy atom. The molecule has 27 heavy (non-hydrogen) atoms. The number of benzene rings is 2. The van der Waals surface area contributed by atoms with Crippen molar-refractivity contribution in [3.8, 4) is 0 Å². The van der Waals surface area contributed by atoms with Gasteiger partial charge >= 0.3 is 0 Å². The molecule has 0 saturated carbocycles. The Hall–Kier alpha value is -2.95. The summed E-state index contributed by atoms with van der Waals surface area (Å²) in [6.45, 7) is 4.06. The Labute approximate surface area is 159 Å². The average molecular weight is 360 g/mol. The highest BCUT2D eigenvalue weighted by molar-refractivity contribution is 5.81. The monoisotopic (exact) mass is 360 g/mol. The molecule has 1 aromatic heterocycles. The third-order valence-electron chi connectivity index (χ3n) is 5.10. The van der Waals surface area contributed by atoms with Crippen LogP contribution in [-0.4, -0.2) is 29.0 Å². The van der Waals surface area contributed by atoms with E-state index in [4.69, 9.17) is 0 Å². The van der Waals surface area contributed by atoms with Gasteiger partial charge in [-0.15, -0.1) is 0 Å². The van der Waals surface area contributed by atoms with Gasteiger partial charge in [0.05, 0.1) is 17.1 Å². The van der Waals surface area contributed by atoms with Gasteiger partial charge in [-0.2, -0.15) is 9.78 Å². The molecular weight excluding hydrogens is 336 g/mol. The molecule has 4 rings (SSSR count). The molecule has 1 aliphatic heterocycles. The number of aryl methyl sites for hydroxylation is 1. The summed E-state index contributed by atoms with van der Waals surface area (Å²) in [5.41, 5.74) is 2.78. The second kappa shape index (κ2) is 7.74. The van der Waals surface area contributed by atoms with Gasteiger partial charge in [-0.25, -0.2) is 4.98 Å². The lowest BCUT2D eigenvalue weighted by Crippen LogP contribution is -2.23. The molecule has 5 nitrogen and oxygen atoms in total. The highest BCUT2D eigenvalue weighted by Gasteiger charge is 2.09. The van der Waals surface area contributed by atoms with E-state index in [1.165, 1.54) is 36.0 Å². The Bertz CT molecular complexity index is 1010. The lowest BCUT2D eigenvalue weighted by Gasteiger charge is -2.22. The van der Waals surface area contributed by atoms with Crippen molar-refractivity contribution in [1.29, 1.82) is 0 Å². The number of fused-ring (bicyclic) bond motifs is 1. The minimum atomic E-state index is -0.143. The third-order valence-corrected chi connectivity index (χ3v) is 5.10. The predicted octanol–water partition coefficient (Wildman–Crippen LogP) is 3.97. The molecule has 0 spiro atoms. The van der Waals surface area contributed by atoms with Crippen LogP contribution in [0.15, 0.2) is 58.4 Å². The molecule has 5 heteroatoms. The zero-order chi connectivity index (χ0) is 18.6. The van der Waals surface area contributed by atoms with Crippen LogP contribution in [0.1, 0.15) is 37.1 Å². The van der Waals surface area contributed by atoms with Crippen LogP contribution in [0.5, 0.6) is 0 Å². The van der Waals surface area contributed by atoms with Crippen LogP contribution in [0.25, 0.3) is 10.9 Å². The number of aromatic nitrogens is 2. The fraction of sp³-hybridized carbons (Fsp3) is 0.318. The standard InChI is InChI=1S/C22H24N4O/c1-17-24-21-9-5-4-8-20(21)22(27)26(17)23-16-18-10-12-19(13-11-18)25-14-6-2-3-7-15-25/h4-5,8-13,16H,2-3,6-7,14-15H2,1H3. The molecule has 0 unspecified atom stereocenters. The van der Waals surface area contributed by atoms with Gasteiger partial charge in [0.2, 0.25) is 0 Å². The van der Waals surface area contributed by atoms with Gasteiger partial charge in [-0.3, -0.25) is 4.79 Å². The third kappa shape index (κ3) is 3.77. The van der Waals surface area contributed by atoms with Crippen molar-refractivity contribution in [2.75, 3.05) is 18.0 Å². The maximum absolute atomic E-state index is 12.7. The van der Waals surface area contributed by atoms with E-state index in [1.54, 1.807) is 19.2 Å². The van der Waals surface area contributed by atoms with Crippen LogP contribution in [0, 0.1) is 6.92 Å². The van der Waals surface area contributed by atoms with Gasteiger partial charge < -0.3 is 4.90 Å². The SMILES string of the molecule is Cc1nc2ccccc2c(=O)n1N=Cc1ccc(N2CCCCCC2)cc1. The van der Waals surface area contributed by atoms with Crippen molar-refractivity contribution in [2.45, 2.75) is 32.6 Å².